The minimum Gasteiger partial charge on any atom is -0.399 e. The molecule has 0 fully saturated rings. The van der Waals surface area contributed by atoms with Crippen molar-refractivity contribution in [2.45, 2.75) is 4.90 Å². The normalized spacial score (nSPS) is 13.9. The fraction of sp³-hybridized carbons (Fsp3) is 0.133. The molecule has 1 aliphatic heterocycles. The van der Waals surface area contributed by atoms with Crippen molar-refractivity contribution in [2.75, 3.05) is 22.9 Å². The molecule has 0 radical (unpaired) electrons. The van der Waals surface area contributed by atoms with Crippen molar-refractivity contribution < 1.29 is 9.18 Å². The fourth-order valence-electron chi connectivity index (χ4n) is 2.23. The van der Waals surface area contributed by atoms with E-state index < -0.39 is 5.82 Å². The Kier molecular flexibility index (Phi) is 3.91. The van der Waals surface area contributed by atoms with Gasteiger partial charge in [-0.1, -0.05) is 0 Å². The summed E-state index contributed by atoms with van der Waals surface area (Å²) in [5.74, 6) is 0.148. The van der Waals surface area contributed by atoms with Crippen LogP contribution in [0.25, 0.3) is 0 Å². The van der Waals surface area contributed by atoms with Crippen LogP contribution in [-0.2, 0) is 0 Å². The first-order valence-corrected chi connectivity index (χ1v) is 8.13. The van der Waals surface area contributed by atoms with Crippen LogP contribution >= 0.6 is 27.7 Å². The van der Waals surface area contributed by atoms with E-state index in [0.29, 0.717) is 22.3 Å². The molecule has 0 saturated carbocycles. The maximum absolute atomic E-state index is 13.6. The Balaban J connectivity index is 1.99. The molecule has 3 rings (SSSR count). The van der Waals surface area contributed by atoms with Crippen LogP contribution in [0.15, 0.2) is 45.8 Å². The molecule has 1 heterocycles. The molecule has 0 unspecified atom stereocenters. The van der Waals surface area contributed by atoms with Crippen molar-refractivity contribution in [3.63, 3.8) is 0 Å². The Bertz CT molecular complexity index is 723. The van der Waals surface area contributed by atoms with Crippen molar-refractivity contribution in [3.8, 4) is 0 Å². The lowest BCUT2D eigenvalue weighted by molar-refractivity contribution is 0.0987. The molecule has 2 aromatic rings. The van der Waals surface area contributed by atoms with Gasteiger partial charge in [0, 0.05) is 28.4 Å². The van der Waals surface area contributed by atoms with Gasteiger partial charge in [-0.05, 0) is 52.3 Å². The van der Waals surface area contributed by atoms with Crippen LogP contribution in [0.1, 0.15) is 10.4 Å². The molecule has 3 nitrogen and oxygen atoms in total. The highest BCUT2D eigenvalue weighted by molar-refractivity contribution is 9.10. The van der Waals surface area contributed by atoms with Crippen molar-refractivity contribution in [3.05, 3.63) is 52.3 Å². The van der Waals surface area contributed by atoms with E-state index in [0.717, 1.165) is 16.3 Å². The van der Waals surface area contributed by atoms with Crippen LogP contribution < -0.4 is 10.6 Å². The van der Waals surface area contributed by atoms with E-state index in [4.69, 9.17) is 5.73 Å². The van der Waals surface area contributed by atoms with Crippen molar-refractivity contribution in [1.29, 1.82) is 0 Å². The van der Waals surface area contributed by atoms with Gasteiger partial charge in [0.1, 0.15) is 5.82 Å². The van der Waals surface area contributed by atoms with E-state index >= 15 is 0 Å². The van der Waals surface area contributed by atoms with E-state index in [9.17, 15) is 9.18 Å². The summed E-state index contributed by atoms with van der Waals surface area (Å²) in [6.45, 7) is 0.581. The maximum atomic E-state index is 13.6. The van der Waals surface area contributed by atoms with Crippen LogP contribution in [-0.4, -0.2) is 18.2 Å². The Morgan fingerprint density at radius 3 is 2.86 bits per heavy atom. The number of halogens is 2. The maximum Gasteiger partial charge on any atom is 0.258 e. The highest BCUT2D eigenvalue weighted by Gasteiger charge is 2.24. The molecule has 2 aromatic carbocycles. The topological polar surface area (TPSA) is 46.3 Å². The summed E-state index contributed by atoms with van der Waals surface area (Å²) < 4.78 is 14.0. The average molecular weight is 367 g/mol. The summed E-state index contributed by atoms with van der Waals surface area (Å²) in [6.07, 6.45) is 0. The van der Waals surface area contributed by atoms with E-state index in [-0.39, 0.29) is 5.91 Å². The van der Waals surface area contributed by atoms with Crippen molar-refractivity contribution >= 4 is 45.0 Å². The van der Waals surface area contributed by atoms with E-state index in [1.54, 1.807) is 34.9 Å². The highest BCUT2D eigenvalue weighted by Crippen LogP contribution is 2.36. The molecule has 1 amide bonds. The first kappa shape index (κ1) is 14.4. The third kappa shape index (κ3) is 2.78. The number of hydrogen-bond acceptors (Lipinski definition) is 3. The predicted octanol–water partition coefficient (Wildman–Crippen LogP) is 3.92. The minimum atomic E-state index is -0.444. The van der Waals surface area contributed by atoms with Crippen LogP contribution in [0, 0.1) is 5.82 Å². The Morgan fingerprint density at radius 2 is 2.10 bits per heavy atom. The quantitative estimate of drug-likeness (QED) is 0.777. The van der Waals surface area contributed by atoms with Gasteiger partial charge in [0.2, 0.25) is 0 Å². The molecular formula is C15H12BrFN2OS. The SMILES string of the molecule is Nc1ccc2c(c1)N(C(=O)c1ccc(Br)c(F)c1)CCS2. The number of nitrogen functional groups attached to an aromatic ring is 1. The summed E-state index contributed by atoms with van der Waals surface area (Å²) in [5, 5.41) is 0. The number of carbonyl (C=O) groups is 1. The van der Waals surface area contributed by atoms with Crippen LogP contribution in [0.5, 0.6) is 0 Å². The Labute approximate surface area is 134 Å². The second-order valence-electron chi connectivity index (χ2n) is 4.66. The third-order valence-electron chi connectivity index (χ3n) is 3.26. The lowest BCUT2D eigenvalue weighted by Crippen LogP contribution is -2.35. The van der Waals surface area contributed by atoms with Gasteiger partial charge in [0.25, 0.3) is 5.91 Å². The van der Waals surface area contributed by atoms with Gasteiger partial charge in [-0.15, -0.1) is 11.8 Å². The molecule has 6 heteroatoms. The number of hydrogen-bond donors (Lipinski definition) is 1. The highest BCUT2D eigenvalue weighted by atomic mass is 79.9. The lowest BCUT2D eigenvalue weighted by Gasteiger charge is -2.29. The van der Waals surface area contributed by atoms with E-state index in [2.05, 4.69) is 15.9 Å². The van der Waals surface area contributed by atoms with Gasteiger partial charge in [-0.2, -0.15) is 0 Å². The van der Waals surface area contributed by atoms with Gasteiger partial charge in [-0.25, -0.2) is 4.39 Å². The largest absolute Gasteiger partial charge is 0.399 e. The minimum absolute atomic E-state index is 0.214. The summed E-state index contributed by atoms with van der Waals surface area (Å²) in [5.41, 5.74) is 7.54. The van der Waals surface area contributed by atoms with Gasteiger partial charge in [0.15, 0.2) is 0 Å². The van der Waals surface area contributed by atoms with Crippen molar-refractivity contribution in [2.24, 2.45) is 0 Å². The average Bonchev–Trinajstić information content (AvgIpc) is 2.48. The molecule has 2 N–H and O–H groups in total. The number of amides is 1. The molecule has 0 aromatic heterocycles. The Morgan fingerprint density at radius 1 is 1.29 bits per heavy atom. The zero-order valence-corrected chi connectivity index (χ0v) is 13.4. The first-order valence-electron chi connectivity index (χ1n) is 6.35. The van der Waals surface area contributed by atoms with E-state index in [1.165, 1.54) is 6.07 Å². The van der Waals surface area contributed by atoms with Gasteiger partial charge < -0.3 is 10.6 Å². The smallest absolute Gasteiger partial charge is 0.258 e. The van der Waals surface area contributed by atoms with Crippen molar-refractivity contribution in [1.82, 2.24) is 0 Å². The molecule has 0 bridgehead atoms. The monoisotopic (exact) mass is 366 g/mol. The van der Waals surface area contributed by atoms with Gasteiger partial charge in [-0.3, -0.25) is 4.79 Å². The van der Waals surface area contributed by atoms with Gasteiger partial charge in [0.05, 0.1) is 10.2 Å². The number of nitrogens with two attached hydrogens (primary N) is 1. The standard InChI is InChI=1S/C15H12BrFN2OS/c16-11-3-1-9(7-12(11)17)15(20)19-5-6-21-14-4-2-10(18)8-13(14)19/h1-4,7-8H,5-6,18H2. The summed E-state index contributed by atoms with van der Waals surface area (Å²) in [4.78, 5) is 15.3. The molecule has 0 spiro atoms. The molecular weight excluding hydrogens is 355 g/mol. The second-order valence-corrected chi connectivity index (χ2v) is 6.65. The number of rotatable bonds is 1. The fourth-order valence-corrected chi connectivity index (χ4v) is 3.45. The van der Waals surface area contributed by atoms with Gasteiger partial charge >= 0.3 is 0 Å². The van der Waals surface area contributed by atoms with E-state index in [1.807, 2.05) is 12.1 Å². The summed E-state index contributed by atoms with van der Waals surface area (Å²) >= 11 is 4.78. The number of benzene rings is 2. The third-order valence-corrected chi connectivity index (χ3v) is 4.94. The molecule has 0 aliphatic carbocycles. The first-order chi connectivity index (χ1) is 10.1. The number of thioether (sulfide) groups is 1. The van der Waals surface area contributed by atoms with Crippen LogP contribution in [0.2, 0.25) is 0 Å². The summed E-state index contributed by atoms with van der Waals surface area (Å²) in [6, 6.07) is 9.93. The number of fused-ring (bicyclic) bond motifs is 1. The summed E-state index contributed by atoms with van der Waals surface area (Å²) in [7, 11) is 0. The number of carbonyl (C=O) groups excluding carboxylic acids is 1. The zero-order chi connectivity index (χ0) is 15.0. The predicted molar refractivity (Wildman–Crippen MR) is 87.4 cm³/mol. The lowest BCUT2D eigenvalue weighted by atomic mass is 10.1. The second kappa shape index (κ2) is 5.69. The molecule has 21 heavy (non-hydrogen) atoms. The van der Waals surface area contributed by atoms with Crippen LogP contribution in [0.4, 0.5) is 15.8 Å². The molecule has 0 saturated heterocycles. The molecule has 108 valence electrons. The number of anilines is 2. The zero-order valence-electron chi connectivity index (χ0n) is 11.0. The molecule has 1 aliphatic rings. The number of nitrogens with zero attached hydrogens (tertiary/aromatic N) is 1. The van der Waals surface area contributed by atoms with Crippen LogP contribution in [0.3, 0.4) is 0 Å². The molecule has 0 atom stereocenters. The Hall–Kier alpha value is -1.53.